The van der Waals surface area contributed by atoms with Crippen molar-refractivity contribution in [2.45, 2.75) is 18.6 Å². The summed E-state index contributed by atoms with van der Waals surface area (Å²) in [6, 6.07) is 10.3. The minimum absolute atomic E-state index is 0.310. The summed E-state index contributed by atoms with van der Waals surface area (Å²) < 4.78 is 37.7. The first kappa shape index (κ1) is 13.8. The summed E-state index contributed by atoms with van der Waals surface area (Å²) >= 11 is 0. The first-order valence-corrected chi connectivity index (χ1v) is 6.71. The summed E-state index contributed by atoms with van der Waals surface area (Å²) in [7, 11) is 0. The number of rotatable bonds is 3. The third kappa shape index (κ3) is 3.13. The molecule has 2 aromatic rings. The fraction of sp³-hybridized carbons (Fsp3) is 0.250. The highest BCUT2D eigenvalue weighted by molar-refractivity contribution is 5.40. The van der Waals surface area contributed by atoms with Gasteiger partial charge in [-0.15, -0.1) is 0 Å². The van der Waals surface area contributed by atoms with Gasteiger partial charge >= 0.3 is 0 Å². The lowest BCUT2D eigenvalue weighted by Gasteiger charge is -2.30. The lowest BCUT2D eigenvalue weighted by molar-refractivity contribution is 0.0722. The van der Waals surface area contributed by atoms with Gasteiger partial charge in [0, 0.05) is 12.1 Å². The predicted octanol–water partition coefficient (Wildman–Crippen LogP) is 2.67. The van der Waals surface area contributed by atoms with E-state index < -0.39 is 17.7 Å². The van der Waals surface area contributed by atoms with Crippen LogP contribution in [0, 0.1) is 11.6 Å². The Balaban J connectivity index is 1.70. The molecule has 21 heavy (non-hydrogen) atoms. The van der Waals surface area contributed by atoms with Gasteiger partial charge in [0.05, 0.1) is 0 Å². The lowest BCUT2D eigenvalue weighted by Crippen LogP contribution is -2.46. The first-order chi connectivity index (χ1) is 10.1. The minimum atomic E-state index is -0.608. The third-order valence-electron chi connectivity index (χ3n) is 3.40. The van der Waals surface area contributed by atoms with Gasteiger partial charge in [0.1, 0.15) is 24.3 Å². The number of halogens is 2. The molecule has 0 fully saturated rings. The van der Waals surface area contributed by atoms with Gasteiger partial charge < -0.3 is 15.2 Å². The quantitative estimate of drug-likeness (QED) is 0.945. The molecule has 110 valence electrons. The smallest absolute Gasteiger partial charge is 0.161 e. The van der Waals surface area contributed by atoms with Crippen LogP contribution in [-0.4, -0.2) is 18.8 Å². The van der Waals surface area contributed by atoms with Crippen molar-refractivity contribution >= 4 is 0 Å². The van der Waals surface area contributed by atoms with Crippen LogP contribution in [-0.2, 0) is 6.42 Å². The molecule has 1 aliphatic rings. The molecule has 2 N–H and O–H groups in total. The maximum atomic E-state index is 13.2. The molecule has 0 bridgehead atoms. The Morgan fingerprint density at radius 2 is 1.76 bits per heavy atom. The van der Waals surface area contributed by atoms with Crippen LogP contribution in [0.4, 0.5) is 8.78 Å². The highest BCUT2D eigenvalue weighted by Gasteiger charge is 2.26. The van der Waals surface area contributed by atoms with Gasteiger partial charge in [-0.3, -0.25) is 0 Å². The number of hydrogen-bond acceptors (Lipinski definition) is 3. The van der Waals surface area contributed by atoms with E-state index in [0.29, 0.717) is 30.1 Å². The molecule has 0 spiro atoms. The molecule has 0 radical (unpaired) electrons. The number of ether oxygens (including phenoxy) is 2. The van der Waals surface area contributed by atoms with E-state index in [0.717, 1.165) is 6.07 Å². The van der Waals surface area contributed by atoms with Crippen molar-refractivity contribution < 1.29 is 18.3 Å². The normalized spacial score (nSPS) is 18.3. The SMILES string of the molecule is NC(Cc1cc(F)cc(F)c1)C1COc2ccccc2O1. The fourth-order valence-electron chi connectivity index (χ4n) is 2.38. The van der Waals surface area contributed by atoms with Crippen LogP contribution in [0.3, 0.4) is 0 Å². The molecule has 2 atom stereocenters. The second-order valence-corrected chi connectivity index (χ2v) is 5.06. The summed E-state index contributed by atoms with van der Waals surface area (Å²) in [6.45, 7) is 0.315. The van der Waals surface area contributed by atoms with E-state index >= 15 is 0 Å². The lowest BCUT2D eigenvalue weighted by atomic mass is 10.0. The number of benzene rings is 2. The van der Waals surface area contributed by atoms with E-state index in [1.807, 2.05) is 18.2 Å². The fourth-order valence-corrected chi connectivity index (χ4v) is 2.38. The molecule has 0 saturated heterocycles. The van der Waals surface area contributed by atoms with E-state index in [1.165, 1.54) is 12.1 Å². The molecular formula is C16H15F2NO2. The van der Waals surface area contributed by atoms with E-state index in [2.05, 4.69) is 0 Å². The molecule has 0 aromatic heterocycles. The van der Waals surface area contributed by atoms with Crippen molar-refractivity contribution in [3.05, 3.63) is 59.7 Å². The Hall–Kier alpha value is -2.14. The average Bonchev–Trinajstić information content (AvgIpc) is 2.45. The molecule has 1 heterocycles. The Kier molecular flexibility index (Phi) is 3.75. The topological polar surface area (TPSA) is 44.5 Å². The highest BCUT2D eigenvalue weighted by Crippen LogP contribution is 2.31. The predicted molar refractivity (Wildman–Crippen MR) is 74.4 cm³/mol. The Bertz CT molecular complexity index is 628. The van der Waals surface area contributed by atoms with Crippen molar-refractivity contribution in [2.75, 3.05) is 6.61 Å². The molecule has 1 aliphatic heterocycles. The molecule has 2 aromatic carbocycles. The molecule has 0 saturated carbocycles. The van der Waals surface area contributed by atoms with Crippen molar-refractivity contribution in [2.24, 2.45) is 5.73 Å². The zero-order chi connectivity index (χ0) is 14.8. The van der Waals surface area contributed by atoms with Crippen LogP contribution in [0.5, 0.6) is 11.5 Å². The standard InChI is InChI=1S/C16H15F2NO2/c17-11-5-10(6-12(18)8-11)7-13(19)16-9-20-14-3-1-2-4-15(14)21-16/h1-6,8,13,16H,7,9,19H2. The van der Waals surface area contributed by atoms with Crippen LogP contribution in [0.15, 0.2) is 42.5 Å². The summed E-state index contributed by atoms with van der Waals surface area (Å²) in [5, 5.41) is 0. The number of hydrogen-bond donors (Lipinski definition) is 1. The van der Waals surface area contributed by atoms with Crippen molar-refractivity contribution in [3.63, 3.8) is 0 Å². The second-order valence-electron chi connectivity index (χ2n) is 5.06. The molecule has 0 amide bonds. The molecule has 3 rings (SSSR count). The first-order valence-electron chi connectivity index (χ1n) is 6.71. The van der Waals surface area contributed by atoms with Crippen LogP contribution in [0.25, 0.3) is 0 Å². The largest absolute Gasteiger partial charge is 0.486 e. The van der Waals surface area contributed by atoms with Gasteiger partial charge in [-0.2, -0.15) is 0 Å². The number of nitrogens with two attached hydrogens (primary N) is 1. The van der Waals surface area contributed by atoms with Crippen LogP contribution < -0.4 is 15.2 Å². The number of para-hydroxylation sites is 2. The van der Waals surface area contributed by atoms with E-state index in [9.17, 15) is 8.78 Å². The monoisotopic (exact) mass is 291 g/mol. The summed E-state index contributed by atoms with van der Waals surface area (Å²) in [4.78, 5) is 0. The van der Waals surface area contributed by atoms with Crippen molar-refractivity contribution in [1.29, 1.82) is 0 Å². The average molecular weight is 291 g/mol. The van der Waals surface area contributed by atoms with Gasteiger partial charge in [-0.05, 0) is 36.2 Å². The van der Waals surface area contributed by atoms with Crippen molar-refractivity contribution in [3.8, 4) is 11.5 Å². The third-order valence-corrected chi connectivity index (χ3v) is 3.40. The van der Waals surface area contributed by atoms with Crippen LogP contribution >= 0.6 is 0 Å². The zero-order valence-corrected chi connectivity index (χ0v) is 11.3. The van der Waals surface area contributed by atoms with Gasteiger partial charge in [-0.1, -0.05) is 12.1 Å². The van der Waals surface area contributed by atoms with Gasteiger partial charge in [0.2, 0.25) is 0 Å². The summed E-state index contributed by atoms with van der Waals surface area (Å²) in [6.07, 6.45) is -0.0450. The number of fused-ring (bicyclic) bond motifs is 1. The molecule has 2 unspecified atom stereocenters. The van der Waals surface area contributed by atoms with Crippen LogP contribution in [0.1, 0.15) is 5.56 Å². The van der Waals surface area contributed by atoms with Gasteiger partial charge in [0.25, 0.3) is 0 Å². The van der Waals surface area contributed by atoms with Crippen LogP contribution in [0.2, 0.25) is 0 Å². The molecule has 3 nitrogen and oxygen atoms in total. The van der Waals surface area contributed by atoms with Crippen molar-refractivity contribution in [1.82, 2.24) is 0 Å². The Morgan fingerprint density at radius 3 is 2.48 bits per heavy atom. The van der Waals surface area contributed by atoms with E-state index in [1.54, 1.807) is 6.07 Å². The van der Waals surface area contributed by atoms with Gasteiger partial charge in [0.15, 0.2) is 11.5 Å². The van der Waals surface area contributed by atoms with E-state index in [-0.39, 0.29) is 6.10 Å². The molecule has 0 aliphatic carbocycles. The highest BCUT2D eigenvalue weighted by atomic mass is 19.1. The summed E-state index contributed by atoms with van der Waals surface area (Å²) in [5.41, 5.74) is 6.59. The maximum absolute atomic E-state index is 13.2. The Labute approximate surface area is 121 Å². The molecular weight excluding hydrogens is 276 g/mol. The summed E-state index contributed by atoms with van der Waals surface area (Å²) in [5.74, 6) is 0.0964. The zero-order valence-electron chi connectivity index (χ0n) is 11.3. The van der Waals surface area contributed by atoms with Gasteiger partial charge in [-0.25, -0.2) is 8.78 Å². The maximum Gasteiger partial charge on any atom is 0.161 e. The minimum Gasteiger partial charge on any atom is -0.486 e. The molecule has 5 heteroatoms. The van der Waals surface area contributed by atoms with E-state index in [4.69, 9.17) is 15.2 Å². The second kappa shape index (κ2) is 5.69. The Morgan fingerprint density at radius 1 is 1.10 bits per heavy atom.